The summed E-state index contributed by atoms with van der Waals surface area (Å²) < 4.78 is 5.28. The summed E-state index contributed by atoms with van der Waals surface area (Å²) in [5.41, 5.74) is 9.48. The standard InChI is InChI=1S/C16H23N3O/c1-11-7-12(2)9-13(8-11)10-14-18-15(20-19-14)5-6-16(3,4)17/h7-9H,5-6,10,17H2,1-4H3. The van der Waals surface area contributed by atoms with Crippen molar-refractivity contribution in [3.63, 3.8) is 0 Å². The Morgan fingerprint density at radius 1 is 1.15 bits per heavy atom. The van der Waals surface area contributed by atoms with Gasteiger partial charge in [-0.05, 0) is 39.7 Å². The normalized spacial score (nSPS) is 11.8. The zero-order valence-electron chi connectivity index (χ0n) is 12.7. The van der Waals surface area contributed by atoms with Crippen molar-refractivity contribution in [1.29, 1.82) is 0 Å². The van der Waals surface area contributed by atoms with E-state index in [4.69, 9.17) is 10.3 Å². The first-order chi connectivity index (χ1) is 9.32. The summed E-state index contributed by atoms with van der Waals surface area (Å²) in [6.07, 6.45) is 2.26. The molecule has 0 aliphatic carbocycles. The number of benzene rings is 1. The average Bonchev–Trinajstić information content (AvgIpc) is 2.72. The molecule has 20 heavy (non-hydrogen) atoms. The summed E-state index contributed by atoms with van der Waals surface area (Å²) >= 11 is 0. The van der Waals surface area contributed by atoms with E-state index in [9.17, 15) is 0 Å². The number of hydrogen-bond donors (Lipinski definition) is 1. The highest BCUT2D eigenvalue weighted by molar-refractivity contribution is 5.30. The first-order valence-electron chi connectivity index (χ1n) is 6.99. The lowest BCUT2D eigenvalue weighted by atomic mass is 10.0. The van der Waals surface area contributed by atoms with Crippen molar-refractivity contribution >= 4 is 0 Å². The lowest BCUT2D eigenvalue weighted by Gasteiger charge is -2.16. The molecule has 0 saturated heterocycles. The molecule has 4 nitrogen and oxygen atoms in total. The monoisotopic (exact) mass is 273 g/mol. The maximum Gasteiger partial charge on any atom is 0.226 e. The zero-order valence-corrected chi connectivity index (χ0v) is 12.7. The van der Waals surface area contributed by atoms with Gasteiger partial charge in [0.2, 0.25) is 5.89 Å². The van der Waals surface area contributed by atoms with Crippen molar-refractivity contribution in [3.05, 3.63) is 46.6 Å². The Balaban J connectivity index is 2.02. The number of hydrogen-bond acceptors (Lipinski definition) is 4. The molecule has 0 unspecified atom stereocenters. The van der Waals surface area contributed by atoms with E-state index < -0.39 is 0 Å². The lowest BCUT2D eigenvalue weighted by Crippen LogP contribution is -2.32. The summed E-state index contributed by atoms with van der Waals surface area (Å²) in [4.78, 5) is 4.43. The number of rotatable bonds is 5. The topological polar surface area (TPSA) is 64.9 Å². The molecular formula is C16H23N3O. The van der Waals surface area contributed by atoms with E-state index in [1.807, 2.05) is 13.8 Å². The third-order valence-corrected chi connectivity index (χ3v) is 3.14. The molecule has 0 radical (unpaired) electrons. The van der Waals surface area contributed by atoms with Gasteiger partial charge in [0.15, 0.2) is 5.82 Å². The van der Waals surface area contributed by atoms with E-state index >= 15 is 0 Å². The molecule has 0 saturated carbocycles. The van der Waals surface area contributed by atoms with Crippen LogP contribution in [0, 0.1) is 13.8 Å². The minimum Gasteiger partial charge on any atom is -0.339 e. The second-order valence-corrected chi connectivity index (χ2v) is 6.27. The lowest BCUT2D eigenvalue weighted by molar-refractivity contribution is 0.355. The molecule has 1 aromatic carbocycles. The Labute approximate surface area is 120 Å². The van der Waals surface area contributed by atoms with Crippen molar-refractivity contribution < 1.29 is 4.52 Å². The van der Waals surface area contributed by atoms with Gasteiger partial charge in [0.25, 0.3) is 0 Å². The molecule has 0 spiro atoms. The van der Waals surface area contributed by atoms with Gasteiger partial charge >= 0.3 is 0 Å². The van der Waals surface area contributed by atoms with Crippen molar-refractivity contribution in [2.45, 2.75) is 52.5 Å². The van der Waals surface area contributed by atoms with Crippen LogP contribution in [0.15, 0.2) is 22.7 Å². The Hall–Kier alpha value is -1.68. The third-order valence-electron chi connectivity index (χ3n) is 3.14. The van der Waals surface area contributed by atoms with Crippen molar-refractivity contribution in [2.75, 3.05) is 0 Å². The van der Waals surface area contributed by atoms with E-state index in [0.717, 1.165) is 18.7 Å². The summed E-state index contributed by atoms with van der Waals surface area (Å²) in [6, 6.07) is 6.48. The first kappa shape index (κ1) is 14.7. The predicted octanol–water partition coefficient (Wildman–Crippen LogP) is 2.95. The minimum atomic E-state index is -0.206. The summed E-state index contributed by atoms with van der Waals surface area (Å²) in [6.45, 7) is 8.20. The Morgan fingerprint density at radius 2 is 1.80 bits per heavy atom. The molecule has 0 aliphatic heterocycles. The minimum absolute atomic E-state index is 0.206. The van der Waals surface area contributed by atoms with Crippen molar-refractivity contribution in [1.82, 2.24) is 10.1 Å². The third kappa shape index (κ3) is 4.46. The SMILES string of the molecule is Cc1cc(C)cc(Cc2noc(CCC(C)(C)N)n2)c1. The van der Waals surface area contributed by atoms with Crippen LogP contribution in [0.2, 0.25) is 0 Å². The van der Waals surface area contributed by atoms with Gasteiger partial charge in [-0.3, -0.25) is 0 Å². The first-order valence-corrected chi connectivity index (χ1v) is 6.99. The van der Waals surface area contributed by atoms with Gasteiger partial charge in [-0.1, -0.05) is 34.5 Å². The molecule has 0 aliphatic rings. The fourth-order valence-electron chi connectivity index (χ4n) is 2.25. The zero-order chi connectivity index (χ0) is 14.8. The molecule has 4 heteroatoms. The van der Waals surface area contributed by atoms with E-state index in [-0.39, 0.29) is 5.54 Å². The van der Waals surface area contributed by atoms with Gasteiger partial charge in [0.05, 0.1) is 0 Å². The highest BCUT2D eigenvalue weighted by Crippen LogP contribution is 2.14. The van der Waals surface area contributed by atoms with Crippen LogP contribution in [-0.4, -0.2) is 15.7 Å². The van der Waals surface area contributed by atoms with Crippen molar-refractivity contribution in [3.8, 4) is 0 Å². The largest absolute Gasteiger partial charge is 0.339 e. The molecule has 0 bridgehead atoms. The van der Waals surface area contributed by atoms with Gasteiger partial charge in [-0.15, -0.1) is 0 Å². The number of aryl methyl sites for hydroxylation is 3. The van der Waals surface area contributed by atoms with Gasteiger partial charge in [-0.2, -0.15) is 4.98 Å². The van der Waals surface area contributed by atoms with Crippen LogP contribution in [0.1, 0.15) is 48.7 Å². The Bertz CT molecular complexity index is 561. The maximum atomic E-state index is 5.96. The predicted molar refractivity (Wildman–Crippen MR) is 79.6 cm³/mol. The van der Waals surface area contributed by atoms with Gasteiger partial charge < -0.3 is 10.3 Å². The molecule has 1 heterocycles. The molecular weight excluding hydrogens is 250 g/mol. The Morgan fingerprint density at radius 3 is 2.40 bits per heavy atom. The van der Waals surface area contributed by atoms with Gasteiger partial charge in [0.1, 0.15) is 0 Å². The highest BCUT2D eigenvalue weighted by atomic mass is 16.5. The molecule has 2 N–H and O–H groups in total. The maximum absolute atomic E-state index is 5.96. The second-order valence-electron chi connectivity index (χ2n) is 6.27. The van der Waals surface area contributed by atoms with Gasteiger partial charge in [-0.25, -0.2) is 0 Å². The van der Waals surface area contributed by atoms with Crippen LogP contribution in [0.3, 0.4) is 0 Å². The molecule has 0 amide bonds. The fourth-order valence-corrected chi connectivity index (χ4v) is 2.25. The molecule has 2 rings (SSSR count). The van der Waals surface area contributed by atoms with Crippen LogP contribution in [-0.2, 0) is 12.8 Å². The summed E-state index contributed by atoms with van der Waals surface area (Å²) in [7, 11) is 0. The van der Waals surface area contributed by atoms with Crippen LogP contribution in [0.5, 0.6) is 0 Å². The quantitative estimate of drug-likeness (QED) is 0.909. The van der Waals surface area contributed by atoms with Crippen LogP contribution >= 0.6 is 0 Å². The molecule has 108 valence electrons. The fraction of sp³-hybridized carbons (Fsp3) is 0.500. The molecule has 0 atom stereocenters. The van der Waals surface area contributed by atoms with Crippen molar-refractivity contribution in [2.24, 2.45) is 5.73 Å². The highest BCUT2D eigenvalue weighted by Gasteiger charge is 2.14. The van der Waals surface area contributed by atoms with E-state index in [1.165, 1.54) is 16.7 Å². The average molecular weight is 273 g/mol. The molecule has 1 aromatic heterocycles. The summed E-state index contributed by atoms with van der Waals surface area (Å²) in [5.74, 6) is 1.41. The summed E-state index contributed by atoms with van der Waals surface area (Å²) in [5, 5.41) is 4.04. The second kappa shape index (κ2) is 5.75. The van der Waals surface area contributed by atoms with Crippen LogP contribution in [0.4, 0.5) is 0 Å². The number of nitrogens with two attached hydrogens (primary N) is 1. The number of nitrogens with zero attached hydrogens (tertiary/aromatic N) is 2. The van der Waals surface area contributed by atoms with E-state index in [1.54, 1.807) is 0 Å². The molecule has 2 aromatic rings. The Kier molecular flexibility index (Phi) is 4.23. The van der Waals surface area contributed by atoms with Crippen LogP contribution < -0.4 is 5.73 Å². The molecule has 0 fully saturated rings. The van der Waals surface area contributed by atoms with E-state index in [2.05, 4.69) is 42.2 Å². The van der Waals surface area contributed by atoms with Crippen LogP contribution in [0.25, 0.3) is 0 Å². The van der Waals surface area contributed by atoms with Gasteiger partial charge in [0, 0.05) is 18.4 Å². The smallest absolute Gasteiger partial charge is 0.226 e. The number of aromatic nitrogens is 2. The van der Waals surface area contributed by atoms with E-state index in [0.29, 0.717) is 12.3 Å².